The van der Waals surface area contributed by atoms with E-state index >= 15 is 0 Å². The van der Waals surface area contributed by atoms with Gasteiger partial charge in [-0.15, -0.1) is 5.06 Å². The van der Waals surface area contributed by atoms with Crippen molar-refractivity contribution in [3.8, 4) is 5.75 Å². The van der Waals surface area contributed by atoms with Crippen LogP contribution in [-0.4, -0.2) is 27.4 Å². The van der Waals surface area contributed by atoms with Crippen LogP contribution in [0.25, 0.3) is 10.9 Å². The molecule has 0 amide bonds. The summed E-state index contributed by atoms with van der Waals surface area (Å²) >= 11 is 0. The first kappa shape index (κ1) is 19.0. The molecule has 6 nitrogen and oxygen atoms in total. The van der Waals surface area contributed by atoms with Crippen LogP contribution in [0.5, 0.6) is 5.75 Å². The predicted octanol–water partition coefficient (Wildman–Crippen LogP) is 4.70. The summed E-state index contributed by atoms with van der Waals surface area (Å²) < 4.78 is 5.94. The van der Waals surface area contributed by atoms with E-state index in [0.29, 0.717) is 12.5 Å². The number of para-hydroxylation sites is 1. The molecule has 3 unspecified atom stereocenters. The first-order valence-electron chi connectivity index (χ1n) is 10.4. The van der Waals surface area contributed by atoms with E-state index < -0.39 is 12.2 Å². The van der Waals surface area contributed by atoms with Crippen molar-refractivity contribution < 1.29 is 19.5 Å². The molecule has 0 bridgehead atoms. The van der Waals surface area contributed by atoms with E-state index in [2.05, 4.69) is 11.1 Å². The van der Waals surface area contributed by atoms with E-state index in [0.717, 1.165) is 40.8 Å². The summed E-state index contributed by atoms with van der Waals surface area (Å²) in [6.07, 6.45) is 3.75. The fourth-order valence-electron chi connectivity index (χ4n) is 4.46. The van der Waals surface area contributed by atoms with Crippen molar-refractivity contribution in [3.05, 3.63) is 71.9 Å². The number of hydroxylamine groups is 2. The second-order valence-corrected chi connectivity index (χ2v) is 8.00. The van der Waals surface area contributed by atoms with Crippen molar-refractivity contribution in [2.45, 2.75) is 44.6 Å². The van der Waals surface area contributed by atoms with Gasteiger partial charge in [-0.3, -0.25) is 4.84 Å². The van der Waals surface area contributed by atoms with E-state index in [-0.39, 0.29) is 6.04 Å². The number of pyridine rings is 1. The lowest BCUT2D eigenvalue weighted by Crippen LogP contribution is -2.22. The van der Waals surface area contributed by atoms with Crippen LogP contribution in [0.15, 0.2) is 60.7 Å². The zero-order valence-electron chi connectivity index (χ0n) is 16.6. The quantitative estimate of drug-likeness (QED) is 0.575. The second kappa shape index (κ2) is 8.05. The van der Waals surface area contributed by atoms with Gasteiger partial charge in [0.2, 0.25) is 0 Å². The Balaban J connectivity index is 1.28. The van der Waals surface area contributed by atoms with E-state index in [9.17, 15) is 9.90 Å². The minimum atomic E-state index is -0.930. The molecule has 6 heteroatoms. The second-order valence-electron chi connectivity index (χ2n) is 8.00. The number of rotatable bonds is 7. The molecule has 1 saturated carbocycles. The lowest BCUT2D eigenvalue weighted by atomic mass is 9.91. The molecule has 2 aliphatic rings. The van der Waals surface area contributed by atoms with Gasteiger partial charge in [0.25, 0.3) is 6.23 Å². The first-order valence-corrected chi connectivity index (χ1v) is 10.4. The summed E-state index contributed by atoms with van der Waals surface area (Å²) in [4.78, 5) is 21.3. The zero-order chi connectivity index (χ0) is 20.5. The van der Waals surface area contributed by atoms with E-state index in [1.165, 1.54) is 12.8 Å². The molecular formula is C24H24N2O4. The molecule has 3 aromatic rings. The maximum absolute atomic E-state index is 11.3. The zero-order valence-corrected chi connectivity index (χ0v) is 16.6. The SMILES string of the molecule is O=C(O)C1ON1C(c1ccc(OCc2ccc3ccccc3n2)cc1)C1CCCC1. The lowest BCUT2D eigenvalue weighted by molar-refractivity contribution is -0.138. The smallest absolute Gasteiger partial charge is 0.352 e. The van der Waals surface area contributed by atoms with Crippen LogP contribution in [0.1, 0.15) is 43.0 Å². The van der Waals surface area contributed by atoms with Gasteiger partial charge in [-0.1, -0.05) is 49.2 Å². The van der Waals surface area contributed by atoms with Crippen molar-refractivity contribution in [1.82, 2.24) is 10.0 Å². The molecule has 154 valence electrons. The average molecular weight is 404 g/mol. The number of ether oxygens (including phenoxy) is 1. The number of aromatic nitrogens is 1. The number of hydrogen-bond acceptors (Lipinski definition) is 5. The summed E-state index contributed by atoms with van der Waals surface area (Å²) in [5.74, 6) is 0.254. The van der Waals surface area contributed by atoms with Gasteiger partial charge in [0.05, 0.1) is 17.3 Å². The Labute approximate surface area is 175 Å². The Morgan fingerprint density at radius 3 is 2.60 bits per heavy atom. The predicted molar refractivity (Wildman–Crippen MR) is 112 cm³/mol. The van der Waals surface area contributed by atoms with Gasteiger partial charge in [-0.05, 0) is 48.6 Å². The van der Waals surface area contributed by atoms with Crippen molar-refractivity contribution in [2.75, 3.05) is 0 Å². The van der Waals surface area contributed by atoms with Gasteiger partial charge in [0.15, 0.2) is 0 Å². The van der Waals surface area contributed by atoms with Gasteiger partial charge in [-0.25, -0.2) is 9.78 Å². The average Bonchev–Trinajstić information content (AvgIpc) is 3.38. The highest BCUT2D eigenvalue weighted by Crippen LogP contribution is 2.45. The van der Waals surface area contributed by atoms with Crippen LogP contribution in [0.2, 0.25) is 0 Å². The Kier molecular flexibility index (Phi) is 5.11. The molecule has 1 aliphatic carbocycles. The molecular weight excluding hydrogens is 380 g/mol. The molecule has 1 N–H and O–H groups in total. The van der Waals surface area contributed by atoms with Gasteiger partial charge >= 0.3 is 5.97 Å². The molecule has 2 heterocycles. The van der Waals surface area contributed by atoms with Crippen LogP contribution in [0, 0.1) is 5.92 Å². The number of aliphatic carboxylic acids is 1. The normalized spacial score (nSPS) is 22.1. The highest BCUT2D eigenvalue weighted by Gasteiger charge is 2.51. The minimum absolute atomic E-state index is 0.0233. The van der Waals surface area contributed by atoms with Crippen molar-refractivity contribution in [1.29, 1.82) is 0 Å². The first-order chi connectivity index (χ1) is 14.7. The number of nitrogens with zero attached hydrogens (tertiary/aromatic N) is 2. The number of carboxylic acids is 1. The summed E-state index contributed by atoms with van der Waals surface area (Å²) in [6, 6.07) is 20.0. The number of carbonyl (C=O) groups is 1. The van der Waals surface area contributed by atoms with Gasteiger partial charge in [0, 0.05) is 5.39 Å². The number of benzene rings is 2. The van der Waals surface area contributed by atoms with Gasteiger partial charge < -0.3 is 9.84 Å². The third-order valence-corrected chi connectivity index (χ3v) is 6.00. The largest absolute Gasteiger partial charge is 0.487 e. The number of hydrogen-bond donors (Lipinski definition) is 1. The van der Waals surface area contributed by atoms with Crippen molar-refractivity contribution >= 4 is 16.9 Å². The summed E-state index contributed by atoms with van der Waals surface area (Å²) in [5.41, 5.74) is 2.91. The van der Waals surface area contributed by atoms with Crippen LogP contribution in [0.3, 0.4) is 0 Å². The molecule has 2 fully saturated rings. The molecule has 3 atom stereocenters. The van der Waals surface area contributed by atoms with Gasteiger partial charge in [-0.2, -0.15) is 0 Å². The molecule has 0 spiro atoms. The monoisotopic (exact) mass is 404 g/mol. The molecule has 1 aliphatic heterocycles. The van der Waals surface area contributed by atoms with E-state index in [4.69, 9.17) is 9.57 Å². The van der Waals surface area contributed by atoms with Crippen molar-refractivity contribution in [2.24, 2.45) is 5.92 Å². The highest BCUT2D eigenvalue weighted by atomic mass is 16.8. The van der Waals surface area contributed by atoms with Crippen LogP contribution in [-0.2, 0) is 16.2 Å². The Morgan fingerprint density at radius 2 is 1.87 bits per heavy atom. The van der Waals surface area contributed by atoms with Gasteiger partial charge in [0.1, 0.15) is 12.4 Å². The van der Waals surface area contributed by atoms with E-state index in [1.807, 2.05) is 54.6 Å². The third kappa shape index (κ3) is 3.88. The maximum Gasteiger partial charge on any atom is 0.352 e. The number of fused-ring (bicyclic) bond motifs is 1. The third-order valence-electron chi connectivity index (χ3n) is 6.00. The molecule has 5 rings (SSSR count). The summed E-state index contributed by atoms with van der Waals surface area (Å²) in [6.45, 7) is 0.395. The van der Waals surface area contributed by atoms with E-state index in [1.54, 1.807) is 5.06 Å². The maximum atomic E-state index is 11.3. The lowest BCUT2D eigenvalue weighted by Gasteiger charge is -2.23. The summed E-state index contributed by atoms with van der Waals surface area (Å²) in [5, 5.41) is 12.0. The van der Waals surface area contributed by atoms with Crippen LogP contribution in [0.4, 0.5) is 0 Å². The number of carboxylic acid groups (broad SMARTS) is 1. The Hall–Kier alpha value is -2.96. The Bertz CT molecular complexity index is 1050. The molecule has 1 saturated heterocycles. The topological polar surface area (TPSA) is 75.0 Å². The highest BCUT2D eigenvalue weighted by molar-refractivity contribution is 5.78. The molecule has 30 heavy (non-hydrogen) atoms. The fraction of sp³-hybridized carbons (Fsp3) is 0.333. The summed E-state index contributed by atoms with van der Waals surface area (Å²) in [7, 11) is 0. The fourth-order valence-corrected chi connectivity index (χ4v) is 4.46. The van der Waals surface area contributed by atoms with Crippen LogP contribution < -0.4 is 4.74 Å². The van der Waals surface area contributed by atoms with Crippen molar-refractivity contribution in [3.63, 3.8) is 0 Å². The molecule has 1 aromatic heterocycles. The standard InChI is InChI=1S/C24H24N2O4/c27-24(28)23-26(30-23)22(17-6-1-2-7-17)18-10-13-20(14-11-18)29-15-19-12-9-16-5-3-4-8-21(16)25-19/h3-5,8-14,17,22-23H,1-2,6-7,15H2,(H,27,28). The molecule has 0 radical (unpaired) electrons. The Morgan fingerprint density at radius 1 is 1.10 bits per heavy atom. The molecule has 2 aromatic carbocycles. The van der Waals surface area contributed by atoms with Crippen LogP contribution >= 0.6 is 0 Å². The minimum Gasteiger partial charge on any atom is -0.487 e.